The Morgan fingerprint density at radius 1 is 1.44 bits per heavy atom. The van der Waals surface area contributed by atoms with Gasteiger partial charge >= 0.3 is 0 Å². The Bertz CT molecular complexity index is 78.2. The van der Waals surface area contributed by atoms with Crippen LogP contribution in [0, 0.1) is 10.4 Å². The van der Waals surface area contributed by atoms with Crippen LogP contribution in [0.15, 0.2) is 0 Å². The van der Waals surface area contributed by atoms with Crippen LogP contribution < -0.4 is 0 Å². The summed E-state index contributed by atoms with van der Waals surface area (Å²) < 4.78 is 0. The molecule has 0 aliphatic rings. The summed E-state index contributed by atoms with van der Waals surface area (Å²) in [6.45, 7) is 1.45. The maximum absolute atomic E-state index is 10.4. The zero-order chi connectivity index (χ0) is 7.44. The molecule has 5 heteroatoms. The number of hydrogen-bond acceptors (Lipinski definition) is 5. The first-order valence-electron chi connectivity index (χ1n) is 2.50. The molecule has 0 radical (unpaired) electrons. The van der Waals surface area contributed by atoms with E-state index in [1.54, 1.807) is 0 Å². The molecule has 0 aromatic carbocycles. The predicted molar refractivity (Wildman–Crippen MR) is 32.8 cm³/mol. The van der Waals surface area contributed by atoms with E-state index in [0.717, 1.165) is 0 Å². The Hall–Kier alpha value is -0.200. The molecule has 56 valence electrons. The summed E-state index contributed by atoms with van der Waals surface area (Å²) in [5, 5.41) is 21.5. The lowest BCUT2D eigenvalue weighted by Crippen LogP contribution is -2.37. The monoisotopic (exact) mass is 134 g/mol. The molecule has 0 saturated carbocycles. The Kier molecular flexibility index (Phi) is 3.67. The highest BCUT2D eigenvalue weighted by Gasteiger charge is 1.99. The van der Waals surface area contributed by atoms with Gasteiger partial charge in [0.1, 0.15) is 0 Å². The first kappa shape index (κ1) is 8.80. The molecule has 0 bridgehead atoms. The Balaban J connectivity index is 3.58. The van der Waals surface area contributed by atoms with E-state index in [1.807, 2.05) is 0 Å². The molecule has 0 spiro atoms. The zero-order valence-corrected chi connectivity index (χ0v) is 5.70. The van der Waals surface area contributed by atoms with Crippen LogP contribution in [0.3, 0.4) is 0 Å². The van der Waals surface area contributed by atoms with Crippen molar-refractivity contribution in [2.24, 2.45) is 0 Å². The minimum Gasteiger partial charge on any atom is -0.784 e. The molecule has 0 aromatic rings. The van der Waals surface area contributed by atoms with Crippen molar-refractivity contribution in [1.29, 1.82) is 0 Å². The van der Waals surface area contributed by atoms with Crippen LogP contribution in [0.4, 0.5) is 0 Å². The molecule has 0 heterocycles. The van der Waals surface area contributed by atoms with Gasteiger partial charge in [-0.2, -0.15) is 0 Å². The SMILES string of the molecule is CON([O-])C(C)N(C)[O-]. The van der Waals surface area contributed by atoms with Gasteiger partial charge in [0.05, 0.1) is 13.3 Å². The first-order valence-corrected chi connectivity index (χ1v) is 2.50. The van der Waals surface area contributed by atoms with Gasteiger partial charge < -0.3 is 20.3 Å². The normalized spacial score (nSPS) is 15.0. The number of hydrogen-bond donors (Lipinski definition) is 0. The first-order chi connectivity index (χ1) is 4.09. The highest BCUT2D eigenvalue weighted by molar-refractivity contribution is 4.58. The van der Waals surface area contributed by atoms with Gasteiger partial charge in [-0.05, 0) is 14.0 Å². The summed E-state index contributed by atoms with van der Waals surface area (Å²) in [5.74, 6) is 0. The molecular formula is C4H10N2O3-2. The second-order valence-corrected chi connectivity index (χ2v) is 1.65. The third kappa shape index (κ3) is 2.73. The fourth-order valence-electron chi connectivity index (χ4n) is 0.285. The standard InChI is InChI=1S/C4H10N2O3/c1-4(5(2)7)6(8)9-3/h4H,1-3H3/q-2. The second kappa shape index (κ2) is 3.76. The highest BCUT2D eigenvalue weighted by Crippen LogP contribution is 1.98. The van der Waals surface area contributed by atoms with Crippen LogP contribution >= 0.6 is 0 Å². The molecule has 0 saturated heterocycles. The molecule has 1 unspecified atom stereocenters. The van der Waals surface area contributed by atoms with Crippen LogP contribution in [0.5, 0.6) is 0 Å². The summed E-state index contributed by atoms with van der Waals surface area (Å²) in [6.07, 6.45) is -0.782. The average molecular weight is 134 g/mol. The van der Waals surface area contributed by atoms with Gasteiger partial charge in [-0.1, -0.05) is 0 Å². The molecule has 0 amide bonds. The molecular weight excluding hydrogens is 124 g/mol. The van der Waals surface area contributed by atoms with Gasteiger partial charge in [-0.3, -0.25) is 0 Å². The lowest BCUT2D eigenvalue weighted by atomic mass is 10.6. The van der Waals surface area contributed by atoms with E-state index < -0.39 is 6.17 Å². The smallest absolute Gasteiger partial charge is 0.0590 e. The topological polar surface area (TPSA) is 61.8 Å². The number of hydroxylamine groups is 4. The zero-order valence-electron chi connectivity index (χ0n) is 5.70. The van der Waals surface area contributed by atoms with Crippen molar-refractivity contribution >= 4 is 0 Å². The molecule has 9 heavy (non-hydrogen) atoms. The van der Waals surface area contributed by atoms with Crippen molar-refractivity contribution in [1.82, 2.24) is 10.3 Å². The summed E-state index contributed by atoms with van der Waals surface area (Å²) in [4.78, 5) is 4.21. The lowest BCUT2D eigenvalue weighted by Gasteiger charge is -2.41. The molecule has 0 aliphatic heterocycles. The van der Waals surface area contributed by atoms with Crippen molar-refractivity contribution in [3.05, 3.63) is 10.4 Å². The largest absolute Gasteiger partial charge is 0.784 e. The van der Waals surface area contributed by atoms with Crippen molar-refractivity contribution in [2.45, 2.75) is 13.1 Å². The predicted octanol–water partition coefficient (Wildman–Crippen LogP) is 0.123. The third-order valence-electron chi connectivity index (χ3n) is 1.01. The summed E-state index contributed by atoms with van der Waals surface area (Å²) >= 11 is 0. The summed E-state index contributed by atoms with van der Waals surface area (Å²) in [6, 6.07) is 0. The van der Waals surface area contributed by atoms with E-state index in [-0.39, 0.29) is 5.23 Å². The van der Waals surface area contributed by atoms with Gasteiger partial charge in [-0.25, -0.2) is 5.23 Å². The van der Waals surface area contributed by atoms with Crippen LogP contribution in [0.25, 0.3) is 0 Å². The van der Waals surface area contributed by atoms with E-state index in [4.69, 9.17) is 0 Å². The maximum Gasteiger partial charge on any atom is 0.0590 e. The van der Waals surface area contributed by atoms with Crippen molar-refractivity contribution in [2.75, 3.05) is 14.2 Å². The minimum atomic E-state index is -0.782. The highest BCUT2D eigenvalue weighted by atomic mass is 16.9. The maximum atomic E-state index is 10.4. The minimum absolute atomic E-state index is 0.229. The molecule has 0 aromatic heterocycles. The van der Waals surface area contributed by atoms with E-state index >= 15 is 0 Å². The summed E-state index contributed by atoms with van der Waals surface area (Å²) in [7, 11) is 2.47. The van der Waals surface area contributed by atoms with Crippen LogP contribution in [0.1, 0.15) is 6.92 Å². The molecule has 0 aliphatic carbocycles. The van der Waals surface area contributed by atoms with Crippen LogP contribution in [0.2, 0.25) is 0 Å². The average Bonchev–Trinajstić information content (AvgIpc) is 1.84. The van der Waals surface area contributed by atoms with Crippen LogP contribution in [-0.4, -0.2) is 30.6 Å². The van der Waals surface area contributed by atoms with Crippen molar-refractivity contribution < 1.29 is 4.84 Å². The van der Waals surface area contributed by atoms with Gasteiger partial charge in [0.25, 0.3) is 0 Å². The Morgan fingerprint density at radius 3 is 2.00 bits per heavy atom. The van der Waals surface area contributed by atoms with Gasteiger partial charge in [0, 0.05) is 0 Å². The Morgan fingerprint density at radius 2 is 1.89 bits per heavy atom. The van der Waals surface area contributed by atoms with E-state index in [0.29, 0.717) is 5.06 Å². The third-order valence-corrected chi connectivity index (χ3v) is 1.01. The van der Waals surface area contributed by atoms with E-state index in [9.17, 15) is 10.4 Å². The fourth-order valence-corrected chi connectivity index (χ4v) is 0.285. The van der Waals surface area contributed by atoms with E-state index in [1.165, 1.54) is 21.1 Å². The molecule has 1 atom stereocenters. The molecule has 0 N–H and O–H groups in total. The quantitative estimate of drug-likeness (QED) is 0.405. The van der Waals surface area contributed by atoms with Crippen molar-refractivity contribution in [3.63, 3.8) is 0 Å². The molecule has 0 rings (SSSR count). The fraction of sp³-hybridized carbons (Fsp3) is 1.00. The van der Waals surface area contributed by atoms with E-state index in [2.05, 4.69) is 4.84 Å². The van der Waals surface area contributed by atoms with Gasteiger partial charge in [0.15, 0.2) is 0 Å². The van der Waals surface area contributed by atoms with Gasteiger partial charge in [-0.15, -0.1) is 0 Å². The number of nitrogens with zero attached hydrogens (tertiary/aromatic N) is 2. The Labute approximate surface area is 53.9 Å². The van der Waals surface area contributed by atoms with Gasteiger partial charge in [0.2, 0.25) is 0 Å². The number of rotatable bonds is 3. The summed E-state index contributed by atoms with van der Waals surface area (Å²) in [5.41, 5.74) is 0. The lowest BCUT2D eigenvalue weighted by molar-refractivity contribution is -0.144. The van der Waals surface area contributed by atoms with Crippen molar-refractivity contribution in [3.8, 4) is 0 Å². The molecule has 0 fully saturated rings. The van der Waals surface area contributed by atoms with Crippen LogP contribution in [-0.2, 0) is 4.84 Å². The molecule has 5 nitrogen and oxygen atoms in total. The second-order valence-electron chi connectivity index (χ2n) is 1.65.